The van der Waals surface area contributed by atoms with E-state index in [0.717, 1.165) is 5.69 Å². The molecular weight excluding hydrogens is 288 g/mol. The number of hydrogen-bond donors (Lipinski definition) is 0. The molecule has 0 bridgehead atoms. The van der Waals surface area contributed by atoms with E-state index in [0.29, 0.717) is 17.0 Å². The average molecular weight is 306 g/mol. The molecule has 0 aliphatic carbocycles. The second kappa shape index (κ2) is 5.71. The quantitative estimate of drug-likeness (QED) is 0.816. The van der Waals surface area contributed by atoms with Crippen molar-refractivity contribution in [2.24, 2.45) is 0 Å². The molecule has 8 heteroatoms. The minimum Gasteiger partial charge on any atom is -0.382 e. The normalized spacial score (nSPS) is 25.3. The molecule has 3 heterocycles. The molecule has 8 nitrogen and oxygen atoms in total. The highest BCUT2D eigenvalue weighted by Gasteiger charge is 2.45. The molecule has 3 atom stereocenters. The number of aromatic nitrogens is 4. The van der Waals surface area contributed by atoms with E-state index >= 15 is 0 Å². The average Bonchev–Trinajstić information content (AvgIpc) is 2.97. The van der Waals surface area contributed by atoms with E-state index in [1.54, 1.807) is 11.7 Å². The van der Waals surface area contributed by atoms with Crippen LogP contribution in [0.25, 0.3) is 11.2 Å². The SMILES string of the molecule is COC[C@H]1O[C@@H](n2c(C)nc3c(C)ncnc32)C(=O)C1OC. The number of nitrogens with zero attached hydrogens (tertiary/aromatic N) is 4. The smallest absolute Gasteiger partial charge is 0.213 e. The Kier molecular flexibility index (Phi) is 3.90. The summed E-state index contributed by atoms with van der Waals surface area (Å²) < 4.78 is 17.9. The van der Waals surface area contributed by atoms with Gasteiger partial charge in [0.25, 0.3) is 0 Å². The maximum atomic E-state index is 12.6. The van der Waals surface area contributed by atoms with Crippen molar-refractivity contribution in [3.05, 3.63) is 17.8 Å². The van der Waals surface area contributed by atoms with Crippen LogP contribution in [0, 0.1) is 13.8 Å². The molecule has 0 saturated carbocycles. The Balaban J connectivity index is 2.06. The van der Waals surface area contributed by atoms with Crippen molar-refractivity contribution in [2.75, 3.05) is 20.8 Å². The minimum atomic E-state index is -0.815. The fraction of sp³-hybridized carbons (Fsp3) is 0.571. The van der Waals surface area contributed by atoms with Gasteiger partial charge in [0.15, 0.2) is 11.9 Å². The Morgan fingerprint density at radius 2 is 2.09 bits per heavy atom. The van der Waals surface area contributed by atoms with Gasteiger partial charge in [0, 0.05) is 14.2 Å². The van der Waals surface area contributed by atoms with Crippen LogP contribution in [0.15, 0.2) is 6.33 Å². The summed E-state index contributed by atoms with van der Waals surface area (Å²) in [7, 11) is 3.05. The number of imidazole rings is 1. The third-order valence-electron chi connectivity index (χ3n) is 3.82. The summed E-state index contributed by atoms with van der Waals surface area (Å²) in [6.45, 7) is 3.94. The van der Waals surface area contributed by atoms with E-state index in [1.165, 1.54) is 13.4 Å². The lowest BCUT2D eigenvalue weighted by atomic mass is 10.1. The summed E-state index contributed by atoms with van der Waals surface area (Å²) in [5, 5.41) is 0. The van der Waals surface area contributed by atoms with Crippen LogP contribution in [0.4, 0.5) is 0 Å². The van der Waals surface area contributed by atoms with Crippen LogP contribution in [0.2, 0.25) is 0 Å². The number of ether oxygens (including phenoxy) is 3. The highest BCUT2D eigenvalue weighted by molar-refractivity contribution is 5.89. The molecule has 0 spiro atoms. The van der Waals surface area contributed by atoms with Gasteiger partial charge in [-0.05, 0) is 13.8 Å². The van der Waals surface area contributed by atoms with E-state index < -0.39 is 18.4 Å². The molecule has 1 fully saturated rings. The lowest BCUT2D eigenvalue weighted by molar-refractivity contribution is -0.131. The van der Waals surface area contributed by atoms with Crippen molar-refractivity contribution in [1.29, 1.82) is 0 Å². The van der Waals surface area contributed by atoms with E-state index in [2.05, 4.69) is 15.0 Å². The van der Waals surface area contributed by atoms with Gasteiger partial charge in [-0.25, -0.2) is 15.0 Å². The van der Waals surface area contributed by atoms with E-state index in [4.69, 9.17) is 14.2 Å². The Hall–Kier alpha value is -1.90. The number of Topliss-reactive ketones (excluding diaryl/α,β-unsaturated/α-hetero) is 1. The molecular formula is C14H18N4O4. The minimum absolute atomic E-state index is 0.164. The molecule has 1 saturated heterocycles. The fourth-order valence-electron chi connectivity index (χ4n) is 2.79. The zero-order chi connectivity index (χ0) is 15.9. The van der Waals surface area contributed by atoms with Crippen molar-refractivity contribution in [3.8, 4) is 0 Å². The van der Waals surface area contributed by atoms with Crippen LogP contribution >= 0.6 is 0 Å². The van der Waals surface area contributed by atoms with Crippen molar-refractivity contribution >= 4 is 16.9 Å². The Morgan fingerprint density at radius 3 is 2.77 bits per heavy atom. The molecule has 1 aliphatic rings. The molecule has 0 amide bonds. The Bertz CT molecular complexity index is 714. The van der Waals surface area contributed by atoms with Crippen LogP contribution in [0.5, 0.6) is 0 Å². The van der Waals surface area contributed by atoms with Crippen LogP contribution in [0.3, 0.4) is 0 Å². The molecule has 2 aromatic rings. The number of methoxy groups -OCH3 is 2. The second-order valence-electron chi connectivity index (χ2n) is 5.20. The summed E-state index contributed by atoms with van der Waals surface area (Å²) in [4.78, 5) is 25.4. The Labute approximate surface area is 127 Å². The monoisotopic (exact) mass is 306 g/mol. The standard InChI is InChI=1S/C14H18N4O4/c1-7-10-13(16-6-15-7)18(8(2)17-10)14-11(19)12(21-4)9(22-14)5-20-3/h6,9,12,14H,5H2,1-4H3/t9-,12?,14-/m1/s1. The highest BCUT2D eigenvalue weighted by atomic mass is 16.6. The number of fused-ring (bicyclic) bond motifs is 1. The van der Waals surface area contributed by atoms with Gasteiger partial charge < -0.3 is 14.2 Å². The summed E-state index contributed by atoms with van der Waals surface area (Å²) in [5.41, 5.74) is 2.01. The zero-order valence-corrected chi connectivity index (χ0v) is 12.9. The molecule has 3 rings (SSSR count). The predicted octanol–water partition coefficient (Wildman–Crippen LogP) is 0.571. The third kappa shape index (κ3) is 2.20. The molecule has 1 aliphatic heterocycles. The number of rotatable bonds is 4. The molecule has 0 radical (unpaired) electrons. The second-order valence-corrected chi connectivity index (χ2v) is 5.20. The topological polar surface area (TPSA) is 88.4 Å². The van der Waals surface area contributed by atoms with E-state index in [9.17, 15) is 4.79 Å². The van der Waals surface area contributed by atoms with Gasteiger partial charge in [-0.3, -0.25) is 9.36 Å². The maximum Gasteiger partial charge on any atom is 0.213 e. The summed E-state index contributed by atoms with van der Waals surface area (Å²) in [6, 6.07) is 0. The summed E-state index contributed by atoms with van der Waals surface area (Å²) in [5.74, 6) is 0.480. The van der Waals surface area contributed by atoms with Crippen molar-refractivity contribution < 1.29 is 19.0 Å². The van der Waals surface area contributed by atoms with Crippen LogP contribution in [-0.4, -0.2) is 58.3 Å². The first-order valence-electron chi connectivity index (χ1n) is 6.95. The molecule has 22 heavy (non-hydrogen) atoms. The Morgan fingerprint density at radius 1 is 1.32 bits per heavy atom. The molecule has 2 aromatic heterocycles. The number of carbonyl (C=O) groups is 1. The van der Waals surface area contributed by atoms with Gasteiger partial charge in [0.1, 0.15) is 29.9 Å². The number of carbonyl (C=O) groups excluding carboxylic acids is 1. The van der Waals surface area contributed by atoms with Gasteiger partial charge in [-0.1, -0.05) is 0 Å². The first kappa shape index (κ1) is 15.0. The largest absolute Gasteiger partial charge is 0.382 e. The van der Waals surface area contributed by atoms with E-state index in [1.807, 2.05) is 13.8 Å². The van der Waals surface area contributed by atoms with Crippen LogP contribution in [0.1, 0.15) is 17.7 Å². The van der Waals surface area contributed by atoms with Gasteiger partial charge in [-0.15, -0.1) is 0 Å². The van der Waals surface area contributed by atoms with Gasteiger partial charge in [0.05, 0.1) is 12.3 Å². The lowest BCUT2D eigenvalue weighted by Crippen LogP contribution is -2.32. The van der Waals surface area contributed by atoms with Gasteiger partial charge in [0.2, 0.25) is 5.78 Å². The molecule has 118 valence electrons. The highest BCUT2D eigenvalue weighted by Crippen LogP contribution is 2.31. The van der Waals surface area contributed by atoms with Crippen molar-refractivity contribution in [1.82, 2.24) is 19.5 Å². The zero-order valence-electron chi connectivity index (χ0n) is 12.9. The molecule has 0 N–H and O–H groups in total. The van der Waals surface area contributed by atoms with E-state index in [-0.39, 0.29) is 12.4 Å². The van der Waals surface area contributed by atoms with Crippen molar-refractivity contribution in [3.63, 3.8) is 0 Å². The number of ketones is 1. The maximum absolute atomic E-state index is 12.6. The number of hydrogen-bond acceptors (Lipinski definition) is 7. The van der Waals surface area contributed by atoms with Crippen molar-refractivity contribution in [2.45, 2.75) is 32.3 Å². The third-order valence-corrected chi connectivity index (χ3v) is 3.82. The first-order valence-corrected chi connectivity index (χ1v) is 6.95. The lowest BCUT2D eigenvalue weighted by Gasteiger charge is -2.15. The summed E-state index contributed by atoms with van der Waals surface area (Å²) >= 11 is 0. The van der Waals surface area contributed by atoms with Crippen LogP contribution in [-0.2, 0) is 19.0 Å². The summed E-state index contributed by atoms with van der Waals surface area (Å²) in [6.07, 6.45) is -0.476. The van der Waals surface area contributed by atoms with Crippen LogP contribution < -0.4 is 0 Å². The molecule has 1 unspecified atom stereocenters. The molecule has 0 aromatic carbocycles. The fourth-order valence-corrected chi connectivity index (χ4v) is 2.79. The predicted molar refractivity (Wildman–Crippen MR) is 76.4 cm³/mol. The first-order chi connectivity index (χ1) is 10.6. The van der Waals surface area contributed by atoms with Gasteiger partial charge >= 0.3 is 0 Å². The number of aryl methyl sites for hydroxylation is 2. The van der Waals surface area contributed by atoms with Gasteiger partial charge in [-0.2, -0.15) is 0 Å².